The van der Waals surface area contributed by atoms with Crippen LogP contribution in [0.5, 0.6) is 0 Å². The van der Waals surface area contributed by atoms with Crippen molar-refractivity contribution >= 4 is 11.9 Å². The van der Waals surface area contributed by atoms with Crippen molar-refractivity contribution in [2.45, 2.75) is 71.1 Å². The lowest BCUT2D eigenvalue weighted by atomic mass is 10.0. The molecule has 0 radical (unpaired) electrons. The predicted octanol–water partition coefficient (Wildman–Crippen LogP) is 4.00. The molecule has 0 saturated carbocycles. The quantitative estimate of drug-likeness (QED) is 0.415. The summed E-state index contributed by atoms with van der Waals surface area (Å²) in [6, 6.07) is 0. The van der Waals surface area contributed by atoms with Gasteiger partial charge in [-0.25, -0.2) is 9.59 Å². The van der Waals surface area contributed by atoms with Crippen molar-refractivity contribution in [2.24, 2.45) is 0 Å². The minimum Gasteiger partial charge on any atom is -0.478 e. The molecule has 4 nitrogen and oxygen atoms in total. The maximum absolute atomic E-state index is 10.8. The molecule has 0 aliphatic carbocycles. The van der Waals surface area contributed by atoms with Crippen molar-refractivity contribution < 1.29 is 19.8 Å². The van der Waals surface area contributed by atoms with Gasteiger partial charge in [0.1, 0.15) is 0 Å². The van der Waals surface area contributed by atoms with Gasteiger partial charge in [0.2, 0.25) is 0 Å². The van der Waals surface area contributed by atoms with E-state index in [1.165, 1.54) is 38.5 Å². The molecule has 0 aromatic rings. The monoisotopic (exact) mass is 270 g/mol. The molecular weight excluding hydrogens is 244 g/mol. The molecule has 0 heterocycles. The van der Waals surface area contributed by atoms with Gasteiger partial charge in [0.15, 0.2) is 0 Å². The second-order valence-corrected chi connectivity index (χ2v) is 4.89. The Kier molecular flexibility index (Phi) is 10.9. The van der Waals surface area contributed by atoms with Crippen LogP contribution in [0.15, 0.2) is 11.6 Å². The minimum absolute atomic E-state index is 0.00422. The second kappa shape index (κ2) is 11.8. The predicted molar refractivity (Wildman–Crippen MR) is 75.2 cm³/mol. The van der Waals surface area contributed by atoms with E-state index in [1.54, 1.807) is 0 Å². The highest BCUT2D eigenvalue weighted by atomic mass is 16.4. The third kappa shape index (κ3) is 11.5. The summed E-state index contributed by atoms with van der Waals surface area (Å²) in [4.78, 5) is 21.2. The fourth-order valence-electron chi connectivity index (χ4n) is 2.02. The normalized spacial score (nSPS) is 11.5. The molecule has 0 amide bonds. The van der Waals surface area contributed by atoms with Gasteiger partial charge in [0.25, 0.3) is 0 Å². The van der Waals surface area contributed by atoms with Gasteiger partial charge in [-0.1, -0.05) is 58.3 Å². The SMILES string of the molecule is CCCCCCCCCCC/C(=C/C(=O)O)C(=O)O. The van der Waals surface area contributed by atoms with E-state index in [4.69, 9.17) is 10.2 Å². The van der Waals surface area contributed by atoms with E-state index in [-0.39, 0.29) is 5.57 Å². The lowest BCUT2D eigenvalue weighted by Gasteiger charge is -2.03. The van der Waals surface area contributed by atoms with Crippen LogP contribution in [0.3, 0.4) is 0 Å². The molecule has 0 rings (SSSR count). The van der Waals surface area contributed by atoms with Crippen LogP contribution in [0, 0.1) is 0 Å². The Morgan fingerprint density at radius 3 is 1.74 bits per heavy atom. The summed E-state index contributed by atoms with van der Waals surface area (Å²) in [6.45, 7) is 2.20. The van der Waals surface area contributed by atoms with Crippen molar-refractivity contribution in [3.63, 3.8) is 0 Å². The van der Waals surface area contributed by atoms with Gasteiger partial charge in [0, 0.05) is 11.6 Å². The van der Waals surface area contributed by atoms with Crippen LogP contribution in [0.1, 0.15) is 71.1 Å². The fraction of sp³-hybridized carbons (Fsp3) is 0.733. The molecule has 2 N–H and O–H groups in total. The highest BCUT2D eigenvalue weighted by Gasteiger charge is 2.08. The van der Waals surface area contributed by atoms with Gasteiger partial charge in [-0.15, -0.1) is 0 Å². The summed E-state index contributed by atoms with van der Waals surface area (Å²) >= 11 is 0. The molecular formula is C15H26O4. The molecule has 19 heavy (non-hydrogen) atoms. The topological polar surface area (TPSA) is 74.6 Å². The van der Waals surface area contributed by atoms with Gasteiger partial charge >= 0.3 is 11.9 Å². The molecule has 0 bridgehead atoms. The van der Waals surface area contributed by atoms with Crippen LogP contribution >= 0.6 is 0 Å². The van der Waals surface area contributed by atoms with Gasteiger partial charge in [-0.2, -0.15) is 0 Å². The van der Waals surface area contributed by atoms with Gasteiger partial charge < -0.3 is 10.2 Å². The standard InChI is InChI=1S/C15H26O4/c1-2-3-4-5-6-7-8-9-10-11-13(15(18)19)12-14(16)17/h12H,2-11H2,1H3,(H,16,17)(H,18,19)/b13-12-. The van der Waals surface area contributed by atoms with E-state index in [9.17, 15) is 9.59 Å². The molecule has 0 saturated heterocycles. The molecule has 0 unspecified atom stereocenters. The van der Waals surface area contributed by atoms with E-state index >= 15 is 0 Å². The summed E-state index contributed by atoms with van der Waals surface area (Å²) in [7, 11) is 0. The van der Waals surface area contributed by atoms with Crippen molar-refractivity contribution in [2.75, 3.05) is 0 Å². The Hall–Kier alpha value is -1.32. The van der Waals surface area contributed by atoms with Crippen molar-refractivity contribution in [1.29, 1.82) is 0 Å². The summed E-state index contributed by atoms with van der Waals surface area (Å²) in [6.07, 6.45) is 11.6. The first-order valence-electron chi connectivity index (χ1n) is 7.24. The number of aliphatic carboxylic acids is 2. The zero-order valence-electron chi connectivity index (χ0n) is 11.9. The van der Waals surface area contributed by atoms with Crippen molar-refractivity contribution in [3.8, 4) is 0 Å². The van der Waals surface area contributed by atoms with Crippen molar-refractivity contribution in [3.05, 3.63) is 11.6 Å². The summed E-state index contributed by atoms with van der Waals surface area (Å²) < 4.78 is 0. The summed E-state index contributed by atoms with van der Waals surface area (Å²) in [5, 5.41) is 17.4. The maximum Gasteiger partial charge on any atom is 0.331 e. The molecule has 0 atom stereocenters. The molecule has 4 heteroatoms. The Labute approximate surface area is 115 Å². The minimum atomic E-state index is -1.19. The Morgan fingerprint density at radius 1 is 0.842 bits per heavy atom. The largest absolute Gasteiger partial charge is 0.478 e. The number of rotatable bonds is 12. The first kappa shape index (κ1) is 17.7. The third-order valence-electron chi connectivity index (χ3n) is 3.12. The van der Waals surface area contributed by atoms with E-state index in [0.29, 0.717) is 6.42 Å². The Balaban J connectivity index is 3.56. The second-order valence-electron chi connectivity index (χ2n) is 4.89. The number of carbonyl (C=O) groups is 2. The van der Waals surface area contributed by atoms with Gasteiger partial charge in [0.05, 0.1) is 0 Å². The first-order chi connectivity index (χ1) is 9.07. The van der Waals surface area contributed by atoms with Crippen LogP contribution in [0.4, 0.5) is 0 Å². The molecule has 0 spiro atoms. The van der Waals surface area contributed by atoms with Gasteiger partial charge in [-0.05, 0) is 12.8 Å². The summed E-state index contributed by atoms with van der Waals surface area (Å²) in [5.74, 6) is -2.31. The molecule has 0 aliphatic heterocycles. The zero-order valence-corrected chi connectivity index (χ0v) is 11.9. The Bertz CT molecular complexity index is 295. The highest BCUT2D eigenvalue weighted by Crippen LogP contribution is 2.13. The van der Waals surface area contributed by atoms with Crippen LogP contribution in [-0.4, -0.2) is 22.2 Å². The molecule has 0 fully saturated rings. The van der Waals surface area contributed by atoms with Crippen LogP contribution < -0.4 is 0 Å². The zero-order chi connectivity index (χ0) is 14.5. The molecule has 0 aromatic heterocycles. The van der Waals surface area contributed by atoms with Crippen LogP contribution in [-0.2, 0) is 9.59 Å². The van der Waals surface area contributed by atoms with Crippen molar-refractivity contribution in [1.82, 2.24) is 0 Å². The van der Waals surface area contributed by atoms with Gasteiger partial charge in [-0.3, -0.25) is 0 Å². The average Bonchev–Trinajstić information content (AvgIpc) is 2.34. The number of hydrogen-bond donors (Lipinski definition) is 2. The smallest absolute Gasteiger partial charge is 0.331 e. The first-order valence-corrected chi connectivity index (χ1v) is 7.24. The van der Waals surface area contributed by atoms with E-state index in [1.807, 2.05) is 0 Å². The van der Waals surface area contributed by atoms with E-state index in [2.05, 4.69) is 6.92 Å². The van der Waals surface area contributed by atoms with Crippen LogP contribution in [0.2, 0.25) is 0 Å². The number of carboxylic acid groups (broad SMARTS) is 2. The lowest BCUT2D eigenvalue weighted by Crippen LogP contribution is -2.04. The Morgan fingerprint density at radius 2 is 1.32 bits per heavy atom. The molecule has 0 aliphatic rings. The summed E-state index contributed by atoms with van der Waals surface area (Å²) in [5.41, 5.74) is -0.00422. The maximum atomic E-state index is 10.8. The van der Waals surface area contributed by atoms with E-state index < -0.39 is 11.9 Å². The highest BCUT2D eigenvalue weighted by molar-refractivity contribution is 5.94. The number of hydrogen-bond acceptors (Lipinski definition) is 2. The number of carboxylic acids is 2. The van der Waals surface area contributed by atoms with E-state index in [0.717, 1.165) is 25.3 Å². The van der Waals surface area contributed by atoms with Crippen LogP contribution in [0.25, 0.3) is 0 Å². The average molecular weight is 270 g/mol. The number of unbranched alkanes of at least 4 members (excludes halogenated alkanes) is 8. The fourth-order valence-corrected chi connectivity index (χ4v) is 2.02. The molecule has 110 valence electrons. The lowest BCUT2D eigenvalue weighted by molar-refractivity contribution is -0.135. The third-order valence-corrected chi connectivity index (χ3v) is 3.12. The molecule has 0 aromatic carbocycles.